The molecule has 1 amide bonds. The minimum absolute atomic E-state index is 0.0633. The number of aliphatic hydroxyl groups is 1. The van der Waals surface area contributed by atoms with E-state index in [9.17, 15) is 15.2 Å². The van der Waals surface area contributed by atoms with Crippen LogP contribution in [-0.4, -0.2) is 38.6 Å². The number of fused-ring (bicyclic) bond motifs is 1. The number of hydrogen-bond donors (Lipinski definition) is 2. The van der Waals surface area contributed by atoms with E-state index < -0.39 is 12.0 Å². The van der Waals surface area contributed by atoms with E-state index in [2.05, 4.69) is 26.6 Å². The van der Waals surface area contributed by atoms with Crippen molar-refractivity contribution in [3.8, 4) is 22.9 Å². The zero-order valence-electron chi connectivity index (χ0n) is 19.4. The van der Waals surface area contributed by atoms with Gasteiger partial charge < -0.3 is 9.84 Å². The Morgan fingerprint density at radius 1 is 1.22 bits per heavy atom. The van der Waals surface area contributed by atoms with E-state index in [4.69, 9.17) is 4.74 Å². The molecule has 5 rings (SSSR count). The number of nitrogens with zero attached hydrogens (tertiary/aromatic N) is 4. The maximum Gasteiger partial charge on any atom is 0.259 e. The number of nitriles is 1. The Hall–Kier alpha value is -3.78. The summed E-state index contributed by atoms with van der Waals surface area (Å²) in [6, 6.07) is 16.8. The van der Waals surface area contributed by atoms with Crippen molar-refractivity contribution in [3.05, 3.63) is 82.7 Å². The van der Waals surface area contributed by atoms with E-state index >= 15 is 0 Å². The molecule has 4 aromatic rings. The molecule has 2 atom stereocenters. The number of hydrogen-bond acceptors (Lipinski definition) is 9. The molecule has 10 heteroatoms. The minimum atomic E-state index is -0.575. The maximum atomic E-state index is 13.3. The molecule has 180 valence electrons. The van der Waals surface area contributed by atoms with Gasteiger partial charge >= 0.3 is 0 Å². The minimum Gasteiger partial charge on any atom is -0.496 e. The number of carbonyl (C=O) groups excluding carboxylic acids is 1. The van der Waals surface area contributed by atoms with Crippen LogP contribution in [0.1, 0.15) is 38.8 Å². The number of nitrogens with one attached hydrogen (secondary N) is 1. The second-order valence-corrected chi connectivity index (χ2v) is 10.7. The SMILES string of the molecule is COc1ccc(C#N)cc1-c1cc(C)ncc1C(=O)Nc1nnc(S[C@H]2Cc3ccccc3[C@H]2O)s1. The van der Waals surface area contributed by atoms with Crippen molar-refractivity contribution in [2.75, 3.05) is 12.4 Å². The Morgan fingerprint density at radius 2 is 2.06 bits per heavy atom. The number of benzene rings is 2. The van der Waals surface area contributed by atoms with Crippen molar-refractivity contribution < 1.29 is 14.6 Å². The molecule has 0 aliphatic heterocycles. The molecule has 0 unspecified atom stereocenters. The number of rotatable bonds is 6. The fourth-order valence-corrected chi connectivity index (χ4v) is 6.35. The number of anilines is 1. The van der Waals surface area contributed by atoms with Crippen LogP contribution >= 0.6 is 23.1 Å². The number of ether oxygens (including phenoxy) is 1. The molecule has 2 N–H and O–H groups in total. The molecular formula is C26H21N5O3S2. The highest BCUT2D eigenvalue weighted by molar-refractivity contribution is 8.01. The first-order valence-corrected chi connectivity index (χ1v) is 12.8. The molecule has 2 aromatic heterocycles. The highest BCUT2D eigenvalue weighted by Crippen LogP contribution is 2.42. The van der Waals surface area contributed by atoms with Crippen LogP contribution in [0, 0.1) is 18.3 Å². The van der Waals surface area contributed by atoms with Gasteiger partial charge in [-0.2, -0.15) is 5.26 Å². The van der Waals surface area contributed by atoms with Crippen molar-refractivity contribution >= 4 is 34.1 Å². The molecule has 0 spiro atoms. The third kappa shape index (κ3) is 4.68. The van der Waals surface area contributed by atoms with Crippen LogP contribution < -0.4 is 10.1 Å². The summed E-state index contributed by atoms with van der Waals surface area (Å²) in [7, 11) is 1.54. The monoisotopic (exact) mass is 515 g/mol. The summed E-state index contributed by atoms with van der Waals surface area (Å²) in [6.45, 7) is 1.83. The summed E-state index contributed by atoms with van der Waals surface area (Å²) in [5.74, 6) is 0.141. The van der Waals surface area contributed by atoms with Gasteiger partial charge in [-0.15, -0.1) is 10.2 Å². The lowest BCUT2D eigenvalue weighted by Crippen LogP contribution is -2.14. The van der Waals surface area contributed by atoms with E-state index in [-0.39, 0.29) is 5.25 Å². The molecule has 2 heterocycles. The Bertz CT molecular complexity index is 1500. The van der Waals surface area contributed by atoms with Gasteiger partial charge in [0.1, 0.15) is 5.75 Å². The number of thioether (sulfide) groups is 1. The van der Waals surface area contributed by atoms with E-state index in [1.165, 1.54) is 29.3 Å². The first-order valence-electron chi connectivity index (χ1n) is 11.1. The third-order valence-corrected chi connectivity index (χ3v) is 8.11. The van der Waals surface area contributed by atoms with Crippen LogP contribution in [0.4, 0.5) is 5.13 Å². The molecule has 0 bridgehead atoms. The van der Waals surface area contributed by atoms with Gasteiger partial charge in [0.15, 0.2) is 4.34 Å². The van der Waals surface area contributed by atoms with Crippen LogP contribution in [0.2, 0.25) is 0 Å². The quantitative estimate of drug-likeness (QED) is 0.352. The molecule has 0 fully saturated rings. The number of aryl methyl sites for hydroxylation is 1. The summed E-state index contributed by atoms with van der Waals surface area (Å²) < 4.78 is 6.15. The lowest BCUT2D eigenvalue weighted by molar-refractivity contribution is 0.102. The molecular weight excluding hydrogens is 494 g/mol. The van der Waals surface area contributed by atoms with Gasteiger partial charge in [0.05, 0.1) is 30.4 Å². The molecule has 36 heavy (non-hydrogen) atoms. The summed E-state index contributed by atoms with van der Waals surface area (Å²) in [5, 5.41) is 31.5. The molecule has 8 nitrogen and oxygen atoms in total. The molecule has 0 saturated heterocycles. The first kappa shape index (κ1) is 23.9. The zero-order valence-corrected chi connectivity index (χ0v) is 21.1. The van der Waals surface area contributed by atoms with Gasteiger partial charge in [0.25, 0.3) is 5.91 Å². The lowest BCUT2D eigenvalue weighted by Gasteiger charge is -2.13. The predicted octanol–water partition coefficient (Wildman–Crippen LogP) is 4.79. The first-order chi connectivity index (χ1) is 17.5. The van der Waals surface area contributed by atoms with Crippen molar-refractivity contribution in [2.45, 2.75) is 29.0 Å². The molecule has 0 radical (unpaired) electrons. The average molecular weight is 516 g/mol. The number of methoxy groups -OCH3 is 1. The van der Waals surface area contributed by atoms with Crippen molar-refractivity contribution in [3.63, 3.8) is 0 Å². The van der Waals surface area contributed by atoms with E-state index in [0.717, 1.165) is 23.2 Å². The zero-order chi connectivity index (χ0) is 25.2. The highest BCUT2D eigenvalue weighted by atomic mass is 32.2. The molecule has 0 saturated carbocycles. The standard InChI is InChI=1S/C26H21N5O3S2/c1-14-9-18(19-10-15(12-27)7-8-21(19)34-2)20(13-28-14)24(33)29-25-30-31-26(36-25)35-22-11-16-5-3-4-6-17(16)23(22)32/h3-10,13,22-23,32H,11H2,1-2H3,(H,29,30,33)/t22-,23+/m0/s1. The smallest absolute Gasteiger partial charge is 0.259 e. The Kier molecular flexibility index (Phi) is 6.69. The van der Waals surface area contributed by atoms with Gasteiger partial charge in [-0.25, -0.2) is 0 Å². The highest BCUT2D eigenvalue weighted by Gasteiger charge is 2.32. The van der Waals surface area contributed by atoms with Crippen LogP contribution in [0.5, 0.6) is 5.75 Å². The largest absolute Gasteiger partial charge is 0.496 e. The van der Waals surface area contributed by atoms with Gasteiger partial charge in [0, 0.05) is 28.3 Å². The van der Waals surface area contributed by atoms with E-state index in [1.54, 1.807) is 31.4 Å². The van der Waals surface area contributed by atoms with Crippen LogP contribution in [0.25, 0.3) is 11.1 Å². The second-order valence-electron chi connectivity index (χ2n) is 8.23. The third-order valence-electron chi connectivity index (χ3n) is 5.93. The summed E-state index contributed by atoms with van der Waals surface area (Å²) in [5.41, 5.74) is 4.79. The van der Waals surface area contributed by atoms with E-state index in [0.29, 0.717) is 37.5 Å². The summed E-state index contributed by atoms with van der Waals surface area (Å²) >= 11 is 2.71. The van der Waals surface area contributed by atoms with Crippen molar-refractivity contribution in [1.29, 1.82) is 5.26 Å². The molecule has 1 aliphatic rings. The van der Waals surface area contributed by atoms with Gasteiger partial charge in [-0.3, -0.25) is 15.1 Å². The maximum absolute atomic E-state index is 13.3. The summed E-state index contributed by atoms with van der Waals surface area (Å²) in [6.07, 6.45) is 1.67. The fraction of sp³-hybridized carbons (Fsp3) is 0.192. The van der Waals surface area contributed by atoms with Gasteiger partial charge in [-0.05, 0) is 48.7 Å². The number of carbonyl (C=O) groups is 1. The Morgan fingerprint density at radius 3 is 2.83 bits per heavy atom. The Balaban J connectivity index is 1.36. The molecule has 2 aromatic carbocycles. The second kappa shape index (κ2) is 10.1. The van der Waals surface area contributed by atoms with Crippen molar-refractivity contribution in [2.24, 2.45) is 0 Å². The number of aromatic nitrogens is 3. The molecule has 1 aliphatic carbocycles. The normalized spacial score (nSPS) is 16.3. The predicted molar refractivity (Wildman–Crippen MR) is 138 cm³/mol. The topological polar surface area (TPSA) is 121 Å². The number of amides is 1. The van der Waals surface area contributed by atoms with Gasteiger partial charge in [-0.1, -0.05) is 47.4 Å². The van der Waals surface area contributed by atoms with Crippen LogP contribution in [0.15, 0.2) is 59.1 Å². The van der Waals surface area contributed by atoms with Crippen LogP contribution in [0.3, 0.4) is 0 Å². The van der Waals surface area contributed by atoms with Gasteiger partial charge in [0.2, 0.25) is 5.13 Å². The fourth-order valence-electron chi connectivity index (χ4n) is 4.20. The Labute approximate surface area is 216 Å². The average Bonchev–Trinajstić information content (AvgIpc) is 3.47. The lowest BCUT2D eigenvalue weighted by atomic mass is 9.97. The van der Waals surface area contributed by atoms with Crippen LogP contribution in [-0.2, 0) is 6.42 Å². The van der Waals surface area contributed by atoms with Crippen molar-refractivity contribution in [1.82, 2.24) is 15.2 Å². The summed E-state index contributed by atoms with van der Waals surface area (Å²) in [4.78, 5) is 17.6. The number of pyridine rings is 1. The van der Waals surface area contributed by atoms with E-state index in [1.807, 2.05) is 31.2 Å². The number of aliphatic hydroxyl groups excluding tert-OH is 1.